The first kappa shape index (κ1) is 11.8. The third-order valence-corrected chi connectivity index (χ3v) is 4.13. The van der Waals surface area contributed by atoms with Crippen molar-refractivity contribution >= 4 is 16.7 Å². The summed E-state index contributed by atoms with van der Waals surface area (Å²) in [6, 6.07) is 0. The highest BCUT2D eigenvalue weighted by Crippen LogP contribution is 2.32. The van der Waals surface area contributed by atoms with E-state index in [4.69, 9.17) is 5.73 Å². The second-order valence-electron chi connectivity index (χ2n) is 5.33. The molecule has 0 radical (unpaired) electrons. The summed E-state index contributed by atoms with van der Waals surface area (Å²) >= 11 is 1.48. The molecule has 1 aromatic heterocycles. The Labute approximate surface area is 101 Å². The summed E-state index contributed by atoms with van der Waals surface area (Å²) in [4.78, 5) is 6.76. The lowest BCUT2D eigenvalue weighted by atomic mass is 9.81. The summed E-state index contributed by atoms with van der Waals surface area (Å²) in [6.07, 6.45) is 0. The third-order valence-electron chi connectivity index (χ3n) is 3.34. The molecule has 16 heavy (non-hydrogen) atoms. The van der Waals surface area contributed by atoms with Crippen LogP contribution in [0, 0.1) is 5.92 Å². The average Bonchev–Trinajstić information content (AvgIpc) is 2.60. The number of nitrogens with zero attached hydrogens (tertiary/aromatic N) is 3. The Bertz CT molecular complexity index is 366. The monoisotopic (exact) mass is 240 g/mol. The van der Waals surface area contributed by atoms with Crippen LogP contribution < -0.4 is 10.6 Å². The minimum Gasteiger partial charge on any atom is -0.343 e. The Morgan fingerprint density at radius 1 is 1.31 bits per heavy atom. The summed E-state index contributed by atoms with van der Waals surface area (Å²) in [5, 5.41) is 1.02. The quantitative estimate of drug-likeness (QED) is 0.876. The van der Waals surface area contributed by atoms with Gasteiger partial charge in [0, 0.05) is 30.5 Å². The number of nitrogens with two attached hydrogens (primary N) is 1. The van der Waals surface area contributed by atoms with Crippen LogP contribution >= 0.6 is 11.5 Å². The van der Waals surface area contributed by atoms with Gasteiger partial charge in [-0.05, 0) is 5.92 Å². The van der Waals surface area contributed by atoms with Gasteiger partial charge >= 0.3 is 0 Å². The maximum absolute atomic E-state index is 6.25. The van der Waals surface area contributed by atoms with Gasteiger partial charge in [0.25, 0.3) is 0 Å². The molecule has 0 amide bonds. The molecule has 0 bridgehead atoms. The van der Waals surface area contributed by atoms with E-state index in [1.54, 1.807) is 0 Å². The van der Waals surface area contributed by atoms with Crippen molar-refractivity contribution in [3.63, 3.8) is 0 Å². The molecule has 1 saturated heterocycles. The molecule has 0 aromatic carbocycles. The van der Waals surface area contributed by atoms with Crippen LogP contribution in [0.25, 0.3) is 0 Å². The maximum atomic E-state index is 6.25. The zero-order valence-electron chi connectivity index (χ0n) is 10.4. The Morgan fingerprint density at radius 3 is 2.38 bits per heavy atom. The van der Waals surface area contributed by atoms with Gasteiger partial charge in [-0.1, -0.05) is 27.7 Å². The molecule has 2 heterocycles. The van der Waals surface area contributed by atoms with Gasteiger partial charge in [0.1, 0.15) is 5.82 Å². The highest BCUT2D eigenvalue weighted by molar-refractivity contribution is 7.09. The molecule has 2 N–H and O–H groups in total. The van der Waals surface area contributed by atoms with Gasteiger partial charge in [-0.15, -0.1) is 0 Å². The van der Waals surface area contributed by atoms with Gasteiger partial charge < -0.3 is 10.6 Å². The number of hydrogen-bond acceptors (Lipinski definition) is 5. The predicted molar refractivity (Wildman–Crippen MR) is 68.0 cm³/mol. The van der Waals surface area contributed by atoms with Crippen LogP contribution in [-0.2, 0) is 0 Å². The minimum atomic E-state index is -0.0380. The molecule has 0 atom stereocenters. The molecule has 0 spiro atoms. The molecule has 2 rings (SSSR count). The van der Waals surface area contributed by atoms with E-state index in [0.717, 1.165) is 24.0 Å². The van der Waals surface area contributed by atoms with E-state index in [9.17, 15) is 0 Å². The van der Waals surface area contributed by atoms with Gasteiger partial charge in [-0.25, -0.2) is 4.98 Å². The molecule has 0 saturated carbocycles. The van der Waals surface area contributed by atoms with E-state index in [0.29, 0.717) is 11.8 Å². The Kier molecular flexibility index (Phi) is 2.92. The fourth-order valence-corrected chi connectivity index (χ4v) is 2.56. The molecule has 90 valence electrons. The Morgan fingerprint density at radius 2 is 1.94 bits per heavy atom. The predicted octanol–water partition coefficient (Wildman–Crippen LogP) is 1.83. The lowest BCUT2D eigenvalue weighted by Crippen LogP contribution is -2.70. The summed E-state index contributed by atoms with van der Waals surface area (Å²) in [5.74, 6) is 1.86. The first-order chi connectivity index (χ1) is 7.42. The molecule has 0 unspecified atom stereocenters. The van der Waals surface area contributed by atoms with Crippen LogP contribution in [0.5, 0.6) is 0 Å². The van der Waals surface area contributed by atoms with E-state index in [1.165, 1.54) is 11.5 Å². The number of aromatic nitrogens is 2. The zero-order chi connectivity index (χ0) is 11.9. The van der Waals surface area contributed by atoms with Crippen molar-refractivity contribution in [1.29, 1.82) is 0 Å². The van der Waals surface area contributed by atoms with Gasteiger partial charge in [-0.3, -0.25) is 0 Å². The summed E-state index contributed by atoms with van der Waals surface area (Å²) < 4.78 is 4.36. The summed E-state index contributed by atoms with van der Waals surface area (Å²) in [6.45, 7) is 10.4. The smallest absolute Gasteiger partial charge is 0.205 e. The SMILES string of the molecule is CC(C)c1nsc(N2CC(N)(C(C)C)C2)n1. The van der Waals surface area contributed by atoms with E-state index in [1.807, 2.05) is 0 Å². The van der Waals surface area contributed by atoms with Crippen LogP contribution in [0.4, 0.5) is 5.13 Å². The van der Waals surface area contributed by atoms with E-state index < -0.39 is 0 Å². The van der Waals surface area contributed by atoms with Crippen molar-refractivity contribution in [3.8, 4) is 0 Å². The first-order valence-electron chi connectivity index (χ1n) is 5.80. The molecule has 5 heteroatoms. The summed E-state index contributed by atoms with van der Waals surface area (Å²) in [5.41, 5.74) is 6.22. The largest absolute Gasteiger partial charge is 0.343 e. The Hall–Kier alpha value is -0.680. The van der Waals surface area contributed by atoms with Crippen molar-refractivity contribution in [2.45, 2.75) is 39.2 Å². The van der Waals surface area contributed by atoms with Crippen molar-refractivity contribution in [3.05, 3.63) is 5.82 Å². The van der Waals surface area contributed by atoms with Crippen molar-refractivity contribution in [2.75, 3.05) is 18.0 Å². The van der Waals surface area contributed by atoms with Crippen LogP contribution in [0.2, 0.25) is 0 Å². The Balaban J connectivity index is 2.01. The first-order valence-corrected chi connectivity index (χ1v) is 6.57. The topological polar surface area (TPSA) is 55.0 Å². The summed E-state index contributed by atoms with van der Waals surface area (Å²) in [7, 11) is 0. The second-order valence-corrected chi connectivity index (χ2v) is 6.06. The van der Waals surface area contributed by atoms with Crippen LogP contribution in [0.3, 0.4) is 0 Å². The molecule has 1 aliphatic rings. The van der Waals surface area contributed by atoms with E-state index >= 15 is 0 Å². The van der Waals surface area contributed by atoms with Gasteiger partial charge in [0.15, 0.2) is 0 Å². The van der Waals surface area contributed by atoms with E-state index in [2.05, 4.69) is 42.0 Å². The van der Waals surface area contributed by atoms with Crippen LogP contribution in [-0.4, -0.2) is 28.0 Å². The lowest BCUT2D eigenvalue weighted by Gasteiger charge is -2.50. The average molecular weight is 240 g/mol. The van der Waals surface area contributed by atoms with Crippen LogP contribution in [0.15, 0.2) is 0 Å². The fraction of sp³-hybridized carbons (Fsp3) is 0.818. The fourth-order valence-electron chi connectivity index (χ4n) is 1.75. The second kappa shape index (κ2) is 3.96. The molecular weight excluding hydrogens is 220 g/mol. The standard InChI is InChI=1S/C11H20N4S/c1-7(2)9-13-10(16-14-9)15-5-11(12,6-15)8(3)4/h7-8H,5-6,12H2,1-4H3. The highest BCUT2D eigenvalue weighted by Gasteiger charge is 2.43. The number of hydrogen-bond donors (Lipinski definition) is 1. The maximum Gasteiger partial charge on any atom is 0.205 e. The van der Waals surface area contributed by atoms with Crippen molar-refractivity contribution in [2.24, 2.45) is 11.7 Å². The number of anilines is 1. The normalized spacial score (nSPS) is 19.3. The minimum absolute atomic E-state index is 0.0380. The van der Waals surface area contributed by atoms with Gasteiger partial charge in [0.2, 0.25) is 5.13 Å². The van der Waals surface area contributed by atoms with Gasteiger partial charge in [-0.2, -0.15) is 4.37 Å². The van der Waals surface area contributed by atoms with Crippen molar-refractivity contribution < 1.29 is 0 Å². The third kappa shape index (κ3) is 1.94. The molecule has 1 aromatic rings. The number of rotatable bonds is 3. The molecule has 4 nitrogen and oxygen atoms in total. The molecular formula is C11H20N4S. The molecule has 1 aliphatic heterocycles. The zero-order valence-corrected chi connectivity index (χ0v) is 11.2. The van der Waals surface area contributed by atoms with E-state index in [-0.39, 0.29) is 5.54 Å². The van der Waals surface area contributed by atoms with Crippen molar-refractivity contribution in [1.82, 2.24) is 9.36 Å². The lowest BCUT2D eigenvalue weighted by molar-refractivity contribution is 0.245. The van der Waals surface area contributed by atoms with Gasteiger partial charge in [0.05, 0.1) is 5.54 Å². The van der Waals surface area contributed by atoms with Crippen LogP contribution in [0.1, 0.15) is 39.4 Å². The highest BCUT2D eigenvalue weighted by atomic mass is 32.1. The molecule has 0 aliphatic carbocycles. The molecule has 1 fully saturated rings.